The number of ether oxygens (including phenoxy) is 1. The number of benzene rings is 1. The average Bonchev–Trinajstić information content (AvgIpc) is 2.89. The van der Waals surface area contributed by atoms with Crippen LogP contribution in [0.4, 0.5) is 0 Å². The highest BCUT2D eigenvalue weighted by Crippen LogP contribution is 2.21. The Hall–Kier alpha value is -0.980. The smallest absolute Gasteiger partial charge is 0.119 e. The normalized spacial score (nSPS) is 12.9. The molecule has 0 aliphatic carbocycles. The Morgan fingerprint density at radius 1 is 0.553 bits per heavy atom. The summed E-state index contributed by atoms with van der Waals surface area (Å²) in [5, 5.41) is 0. The molecule has 224 valence electrons. The highest BCUT2D eigenvalue weighted by molar-refractivity contribution is 5.28. The lowest BCUT2D eigenvalue weighted by Gasteiger charge is -2.15. The van der Waals surface area contributed by atoms with E-state index in [1.165, 1.54) is 121 Å². The van der Waals surface area contributed by atoms with Gasteiger partial charge < -0.3 is 4.74 Å². The van der Waals surface area contributed by atoms with E-state index in [1.54, 1.807) is 0 Å². The van der Waals surface area contributed by atoms with Crippen molar-refractivity contribution in [3.63, 3.8) is 0 Å². The van der Waals surface area contributed by atoms with Crippen molar-refractivity contribution in [1.82, 2.24) is 0 Å². The molecule has 0 bridgehead atoms. The zero-order valence-electron chi connectivity index (χ0n) is 27.5. The zero-order valence-corrected chi connectivity index (χ0v) is 27.5. The van der Waals surface area contributed by atoms with Crippen LogP contribution in [0.5, 0.6) is 5.75 Å². The molecule has 1 aromatic carbocycles. The Labute approximate surface area is 241 Å². The lowest BCUT2D eigenvalue weighted by atomic mass is 9.91. The predicted molar refractivity (Wildman–Crippen MR) is 174 cm³/mol. The van der Waals surface area contributed by atoms with Crippen molar-refractivity contribution >= 4 is 0 Å². The summed E-state index contributed by atoms with van der Waals surface area (Å²) < 4.78 is 5.75. The fourth-order valence-corrected chi connectivity index (χ4v) is 5.10. The molecule has 2 unspecified atom stereocenters. The molecule has 1 heteroatoms. The Balaban J connectivity index is 0.000000724. The highest BCUT2D eigenvalue weighted by atomic mass is 16.5. The Bertz CT molecular complexity index is 587. The molecule has 1 nitrogen and oxygen atoms in total. The van der Waals surface area contributed by atoms with Crippen LogP contribution >= 0.6 is 0 Å². The first-order valence-electron chi connectivity index (χ1n) is 17.0. The van der Waals surface area contributed by atoms with Gasteiger partial charge in [-0.3, -0.25) is 0 Å². The van der Waals surface area contributed by atoms with E-state index < -0.39 is 0 Å². The first kappa shape index (κ1) is 37.0. The van der Waals surface area contributed by atoms with Gasteiger partial charge in [0.15, 0.2) is 0 Å². The second kappa shape index (κ2) is 26.3. The minimum absolute atomic E-state index is 0.595. The molecular weight excluding hydrogens is 460 g/mol. The summed E-state index contributed by atoms with van der Waals surface area (Å²) >= 11 is 0. The molecule has 0 saturated heterocycles. The quantitative estimate of drug-likeness (QED) is 0.128. The summed E-state index contributed by atoms with van der Waals surface area (Å²) in [5.74, 6) is 4.37. The number of hydrogen-bond donors (Lipinski definition) is 0. The molecule has 0 fully saturated rings. The molecular formula is C37H70O. The fourth-order valence-electron chi connectivity index (χ4n) is 5.10. The molecule has 0 aromatic heterocycles. The molecule has 1 rings (SSSR count). The first-order chi connectivity index (χ1) is 18.3. The highest BCUT2D eigenvalue weighted by Gasteiger charge is 2.06. The fraction of sp³-hybridized carbons (Fsp3) is 0.838. The third-order valence-electron chi connectivity index (χ3n) is 8.04. The van der Waals surface area contributed by atoms with Crippen molar-refractivity contribution in [2.45, 2.75) is 177 Å². The molecule has 0 aliphatic rings. The van der Waals surface area contributed by atoms with Gasteiger partial charge in [0, 0.05) is 0 Å². The van der Waals surface area contributed by atoms with Crippen LogP contribution in [0.1, 0.15) is 182 Å². The monoisotopic (exact) mass is 531 g/mol. The van der Waals surface area contributed by atoms with Crippen LogP contribution in [0, 0.1) is 17.8 Å². The first-order valence-corrected chi connectivity index (χ1v) is 17.0. The lowest BCUT2D eigenvalue weighted by molar-refractivity contribution is 0.304. The van der Waals surface area contributed by atoms with Gasteiger partial charge in [-0.15, -0.1) is 0 Å². The van der Waals surface area contributed by atoms with Crippen LogP contribution in [-0.2, 0) is 0 Å². The van der Waals surface area contributed by atoms with Gasteiger partial charge in [0.05, 0.1) is 6.61 Å². The van der Waals surface area contributed by atoms with E-state index in [4.69, 9.17) is 4.74 Å². The van der Waals surface area contributed by atoms with Gasteiger partial charge in [-0.1, -0.05) is 170 Å². The Morgan fingerprint density at radius 3 is 1.55 bits per heavy atom. The van der Waals surface area contributed by atoms with Crippen LogP contribution < -0.4 is 4.74 Å². The Kier molecular flexibility index (Phi) is 25.6. The second-order valence-corrected chi connectivity index (χ2v) is 13.0. The molecule has 0 radical (unpaired) electrons. The van der Waals surface area contributed by atoms with Gasteiger partial charge in [0.2, 0.25) is 0 Å². The average molecular weight is 531 g/mol. The van der Waals surface area contributed by atoms with Crippen molar-refractivity contribution in [2.24, 2.45) is 17.8 Å². The summed E-state index contributed by atoms with van der Waals surface area (Å²) in [5.41, 5.74) is 1.38. The topological polar surface area (TPSA) is 9.23 Å². The molecule has 0 N–H and O–H groups in total. The van der Waals surface area contributed by atoms with Crippen molar-refractivity contribution < 1.29 is 4.74 Å². The maximum Gasteiger partial charge on any atom is 0.119 e. The minimum Gasteiger partial charge on any atom is -0.494 e. The van der Waals surface area contributed by atoms with E-state index in [0.717, 1.165) is 30.1 Å². The van der Waals surface area contributed by atoms with Gasteiger partial charge >= 0.3 is 0 Å². The summed E-state index contributed by atoms with van der Waals surface area (Å²) in [6.07, 6.45) is 25.3. The molecule has 0 saturated carbocycles. The van der Waals surface area contributed by atoms with E-state index in [-0.39, 0.29) is 0 Å². The van der Waals surface area contributed by atoms with Crippen LogP contribution in [-0.4, -0.2) is 6.61 Å². The largest absolute Gasteiger partial charge is 0.494 e. The molecule has 0 aliphatic heterocycles. The van der Waals surface area contributed by atoms with Gasteiger partial charge in [-0.25, -0.2) is 0 Å². The minimum atomic E-state index is 0.595. The van der Waals surface area contributed by atoms with Crippen molar-refractivity contribution in [1.29, 1.82) is 0 Å². The molecule has 0 spiro atoms. The summed E-state index contributed by atoms with van der Waals surface area (Å²) in [6.45, 7) is 19.4. The van der Waals surface area contributed by atoms with Crippen LogP contribution in [0.3, 0.4) is 0 Å². The second-order valence-electron chi connectivity index (χ2n) is 13.0. The maximum absolute atomic E-state index is 5.75. The van der Waals surface area contributed by atoms with Crippen molar-refractivity contribution in [3.8, 4) is 5.75 Å². The molecule has 0 heterocycles. The van der Waals surface area contributed by atoms with E-state index in [2.05, 4.69) is 79.7 Å². The van der Waals surface area contributed by atoms with Gasteiger partial charge in [0.1, 0.15) is 5.75 Å². The van der Waals surface area contributed by atoms with Crippen LogP contribution in [0.2, 0.25) is 0 Å². The zero-order chi connectivity index (χ0) is 28.4. The molecule has 38 heavy (non-hydrogen) atoms. The van der Waals surface area contributed by atoms with Gasteiger partial charge in [0.25, 0.3) is 0 Å². The van der Waals surface area contributed by atoms with Gasteiger partial charge in [-0.05, 0) is 54.2 Å². The van der Waals surface area contributed by atoms with E-state index in [1.807, 2.05) is 0 Å². The van der Waals surface area contributed by atoms with Crippen molar-refractivity contribution in [3.05, 3.63) is 29.8 Å². The van der Waals surface area contributed by atoms with E-state index in [9.17, 15) is 0 Å². The summed E-state index contributed by atoms with van der Waals surface area (Å²) in [6, 6.07) is 8.52. The maximum atomic E-state index is 5.75. The number of rotatable bonds is 23. The Morgan fingerprint density at radius 2 is 1.05 bits per heavy atom. The third-order valence-corrected chi connectivity index (χ3v) is 8.04. The molecule has 0 amide bonds. The standard InChI is InChI=1S/C20H42.C17H28O/c1-6-19(4)17-20(5)16-14-12-10-8-7-9-11-13-15-18(2)3;1-4-5-6-7-8-9-14-18-17-12-10-16(11-13-17)15(2)3/h18-20H,6-17H2,1-5H3;10-13,15H,4-9,14H2,1-3H3. The predicted octanol–water partition coefficient (Wildman–Crippen LogP) is 13.2. The van der Waals surface area contributed by atoms with Crippen molar-refractivity contribution in [2.75, 3.05) is 6.61 Å². The van der Waals surface area contributed by atoms with E-state index in [0.29, 0.717) is 5.92 Å². The number of unbranched alkanes of at least 4 members (excludes halogenated alkanes) is 12. The summed E-state index contributed by atoms with van der Waals surface area (Å²) in [7, 11) is 0. The summed E-state index contributed by atoms with van der Waals surface area (Å²) in [4.78, 5) is 0. The van der Waals surface area contributed by atoms with Crippen LogP contribution in [0.15, 0.2) is 24.3 Å². The van der Waals surface area contributed by atoms with E-state index >= 15 is 0 Å². The van der Waals surface area contributed by atoms with Crippen LogP contribution in [0.25, 0.3) is 0 Å². The SMILES string of the molecule is CCC(C)CC(C)CCCCCCCCCCC(C)C.CCCCCCCCOc1ccc(C(C)C)cc1. The lowest BCUT2D eigenvalue weighted by Crippen LogP contribution is -2.02. The molecule has 1 aromatic rings. The molecule has 2 atom stereocenters. The third kappa shape index (κ3) is 24.1. The number of hydrogen-bond acceptors (Lipinski definition) is 1. The van der Waals surface area contributed by atoms with Gasteiger partial charge in [-0.2, -0.15) is 0 Å².